The summed E-state index contributed by atoms with van der Waals surface area (Å²) in [7, 11) is 1.87. The van der Waals surface area contributed by atoms with Gasteiger partial charge in [-0.3, -0.25) is 0 Å². The van der Waals surface area contributed by atoms with Crippen molar-refractivity contribution in [3.05, 3.63) is 30.0 Å². The third kappa shape index (κ3) is 2.08. The van der Waals surface area contributed by atoms with E-state index in [0.717, 1.165) is 11.4 Å². The Labute approximate surface area is 79.7 Å². The van der Waals surface area contributed by atoms with Crippen LogP contribution in [0.15, 0.2) is 18.8 Å². The molecule has 0 aliphatic rings. The SMILES string of the molecule is C=Cc1cc(C(C)C)cnc1NC. The Morgan fingerprint density at radius 1 is 1.54 bits per heavy atom. The fourth-order valence-electron chi connectivity index (χ4n) is 1.18. The number of nitrogens with one attached hydrogen (secondary N) is 1. The van der Waals surface area contributed by atoms with Crippen molar-refractivity contribution in [2.24, 2.45) is 0 Å². The second-order valence-corrected chi connectivity index (χ2v) is 3.32. The van der Waals surface area contributed by atoms with Crippen molar-refractivity contribution in [1.82, 2.24) is 4.98 Å². The fraction of sp³-hybridized carbons (Fsp3) is 0.364. The van der Waals surface area contributed by atoms with E-state index in [9.17, 15) is 0 Å². The largest absolute Gasteiger partial charge is 0.373 e. The van der Waals surface area contributed by atoms with Gasteiger partial charge in [-0.25, -0.2) is 4.98 Å². The van der Waals surface area contributed by atoms with Crippen LogP contribution in [-0.2, 0) is 0 Å². The minimum absolute atomic E-state index is 0.511. The molecule has 0 fully saturated rings. The summed E-state index contributed by atoms with van der Waals surface area (Å²) in [5.74, 6) is 1.40. The van der Waals surface area contributed by atoms with Crippen molar-refractivity contribution in [3.8, 4) is 0 Å². The molecule has 0 unspecified atom stereocenters. The van der Waals surface area contributed by atoms with Gasteiger partial charge >= 0.3 is 0 Å². The summed E-state index contributed by atoms with van der Waals surface area (Å²) in [5, 5.41) is 3.03. The molecule has 0 saturated heterocycles. The lowest BCUT2D eigenvalue weighted by Gasteiger charge is -2.09. The molecule has 0 saturated carbocycles. The predicted molar refractivity (Wildman–Crippen MR) is 58.0 cm³/mol. The van der Waals surface area contributed by atoms with Crippen molar-refractivity contribution in [2.75, 3.05) is 12.4 Å². The highest BCUT2D eigenvalue weighted by Crippen LogP contribution is 2.20. The molecule has 13 heavy (non-hydrogen) atoms. The van der Waals surface area contributed by atoms with Gasteiger partial charge in [0, 0.05) is 18.8 Å². The molecular weight excluding hydrogens is 160 g/mol. The molecule has 0 bridgehead atoms. The highest BCUT2D eigenvalue weighted by molar-refractivity contribution is 5.62. The summed E-state index contributed by atoms with van der Waals surface area (Å²) in [5.41, 5.74) is 2.31. The van der Waals surface area contributed by atoms with Gasteiger partial charge in [0.25, 0.3) is 0 Å². The first-order chi connectivity index (χ1) is 6.19. The van der Waals surface area contributed by atoms with Gasteiger partial charge in [-0.05, 0) is 17.5 Å². The summed E-state index contributed by atoms with van der Waals surface area (Å²) < 4.78 is 0. The van der Waals surface area contributed by atoms with E-state index in [1.54, 1.807) is 0 Å². The molecule has 0 amide bonds. The molecule has 0 spiro atoms. The Bertz CT molecular complexity index is 303. The first-order valence-corrected chi connectivity index (χ1v) is 4.49. The number of anilines is 1. The van der Waals surface area contributed by atoms with E-state index in [4.69, 9.17) is 0 Å². The van der Waals surface area contributed by atoms with Crippen LogP contribution in [0.3, 0.4) is 0 Å². The Morgan fingerprint density at radius 2 is 2.23 bits per heavy atom. The summed E-state index contributed by atoms with van der Waals surface area (Å²) in [4.78, 5) is 4.31. The number of hydrogen-bond donors (Lipinski definition) is 1. The molecule has 0 radical (unpaired) electrons. The monoisotopic (exact) mass is 176 g/mol. The maximum atomic E-state index is 4.31. The summed E-state index contributed by atoms with van der Waals surface area (Å²) in [6, 6.07) is 2.12. The van der Waals surface area contributed by atoms with Crippen LogP contribution in [0.25, 0.3) is 6.08 Å². The Hall–Kier alpha value is -1.31. The van der Waals surface area contributed by atoms with Crippen LogP contribution >= 0.6 is 0 Å². The third-order valence-corrected chi connectivity index (χ3v) is 2.06. The first-order valence-electron chi connectivity index (χ1n) is 4.49. The molecule has 1 heterocycles. The lowest BCUT2D eigenvalue weighted by molar-refractivity contribution is 0.858. The number of hydrogen-bond acceptors (Lipinski definition) is 2. The van der Waals surface area contributed by atoms with Crippen LogP contribution in [-0.4, -0.2) is 12.0 Å². The quantitative estimate of drug-likeness (QED) is 0.766. The van der Waals surface area contributed by atoms with E-state index < -0.39 is 0 Å². The van der Waals surface area contributed by atoms with Gasteiger partial charge in [-0.1, -0.05) is 26.5 Å². The summed E-state index contributed by atoms with van der Waals surface area (Å²) >= 11 is 0. The molecule has 1 rings (SSSR count). The van der Waals surface area contributed by atoms with Crippen molar-refractivity contribution in [3.63, 3.8) is 0 Å². The molecular formula is C11H16N2. The van der Waals surface area contributed by atoms with Gasteiger partial charge < -0.3 is 5.32 Å². The van der Waals surface area contributed by atoms with Crippen LogP contribution in [0.4, 0.5) is 5.82 Å². The third-order valence-electron chi connectivity index (χ3n) is 2.06. The van der Waals surface area contributed by atoms with E-state index in [2.05, 4.69) is 36.8 Å². The summed E-state index contributed by atoms with van der Waals surface area (Å²) in [6.45, 7) is 8.07. The Balaban J connectivity index is 3.13. The average molecular weight is 176 g/mol. The van der Waals surface area contributed by atoms with Gasteiger partial charge in [0.05, 0.1) is 0 Å². The zero-order chi connectivity index (χ0) is 9.84. The van der Waals surface area contributed by atoms with Gasteiger partial charge in [0.15, 0.2) is 0 Å². The van der Waals surface area contributed by atoms with Gasteiger partial charge in [0.2, 0.25) is 0 Å². The van der Waals surface area contributed by atoms with E-state index in [0.29, 0.717) is 5.92 Å². The normalized spacial score (nSPS) is 10.2. The Kier molecular flexibility index (Phi) is 3.07. The molecule has 1 aromatic rings. The highest BCUT2D eigenvalue weighted by atomic mass is 15.0. The zero-order valence-corrected chi connectivity index (χ0v) is 8.46. The predicted octanol–water partition coefficient (Wildman–Crippen LogP) is 2.89. The minimum atomic E-state index is 0.511. The molecule has 1 aromatic heterocycles. The van der Waals surface area contributed by atoms with Crippen molar-refractivity contribution in [1.29, 1.82) is 0 Å². The maximum Gasteiger partial charge on any atom is 0.132 e. The summed E-state index contributed by atoms with van der Waals surface area (Å²) in [6.07, 6.45) is 3.73. The highest BCUT2D eigenvalue weighted by Gasteiger charge is 2.03. The van der Waals surface area contributed by atoms with Crippen molar-refractivity contribution < 1.29 is 0 Å². The van der Waals surface area contributed by atoms with E-state index in [-0.39, 0.29) is 0 Å². The van der Waals surface area contributed by atoms with Gasteiger partial charge in [-0.15, -0.1) is 0 Å². The number of rotatable bonds is 3. The molecule has 0 aliphatic carbocycles. The van der Waals surface area contributed by atoms with Crippen LogP contribution < -0.4 is 5.32 Å². The van der Waals surface area contributed by atoms with Crippen molar-refractivity contribution >= 4 is 11.9 Å². The first kappa shape index (κ1) is 9.78. The Morgan fingerprint density at radius 3 is 2.69 bits per heavy atom. The van der Waals surface area contributed by atoms with Crippen LogP contribution in [0.2, 0.25) is 0 Å². The lowest BCUT2D eigenvalue weighted by Crippen LogP contribution is -1.98. The number of aromatic nitrogens is 1. The van der Waals surface area contributed by atoms with E-state index >= 15 is 0 Å². The van der Waals surface area contributed by atoms with Gasteiger partial charge in [0.1, 0.15) is 5.82 Å². The zero-order valence-electron chi connectivity index (χ0n) is 8.46. The van der Waals surface area contributed by atoms with Gasteiger partial charge in [-0.2, -0.15) is 0 Å². The standard InChI is InChI=1S/C11H16N2/c1-5-9-6-10(8(2)3)7-13-11(9)12-4/h5-8H,1H2,2-4H3,(H,12,13). The van der Waals surface area contributed by atoms with Crippen molar-refractivity contribution in [2.45, 2.75) is 19.8 Å². The maximum absolute atomic E-state index is 4.31. The molecule has 0 aromatic carbocycles. The number of pyridine rings is 1. The number of nitrogens with zero attached hydrogens (tertiary/aromatic N) is 1. The molecule has 0 aliphatic heterocycles. The molecule has 1 N–H and O–H groups in total. The topological polar surface area (TPSA) is 24.9 Å². The fourth-order valence-corrected chi connectivity index (χ4v) is 1.18. The molecule has 70 valence electrons. The van der Waals surface area contributed by atoms with Crippen LogP contribution in [0, 0.1) is 0 Å². The molecule has 2 heteroatoms. The van der Waals surface area contributed by atoms with E-state index in [1.165, 1.54) is 5.56 Å². The smallest absolute Gasteiger partial charge is 0.132 e. The molecule has 2 nitrogen and oxygen atoms in total. The van der Waals surface area contributed by atoms with E-state index in [1.807, 2.05) is 19.3 Å². The second kappa shape index (κ2) is 4.08. The van der Waals surface area contributed by atoms with Crippen LogP contribution in [0.1, 0.15) is 30.9 Å². The minimum Gasteiger partial charge on any atom is -0.373 e. The lowest BCUT2D eigenvalue weighted by atomic mass is 10.0. The van der Waals surface area contributed by atoms with Crippen LogP contribution in [0.5, 0.6) is 0 Å². The second-order valence-electron chi connectivity index (χ2n) is 3.32. The average Bonchev–Trinajstić information content (AvgIpc) is 2.16. The molecule has 0 atom stereocenters.